The first-order valence-corrected chi connectivity index (χ1v) is 8.15. The second-order valence-corrected chi connectivity index (χ2v) is 6.31. The summed E-state index contributed by atoms with van der Waals surface area (Å²) in [6.45, 7) is 2.37. The lowest BCUT2D eigenvalue weighted by Gasteiger charge is -2.29. The minimum Gasteiger partial charge on any atom is -0.488 e. The summed E-state index contributed by atoms with van der Waals surface area (Å²) in [7, 11) is 0. The number of primary amides is 1. The second kappa shape index (κ2) is 7.00. The third-order valence-electron chi connectivity index (χ3n) is 4.60. The molecular weight excluding hydrogens is 294 g/mol. The van der Waals surface area contributed by atoms with Crippen molar-refractivity contribution >= 4 is 11.8 Å². The summed E-state index contributed by atoms with van der Waals surface area (Å²) in [6.07, 6.45) is 2.32. The number of likely N-dealkylation sites (tertiary alicyclic amines) is 1. The van der Waals surface area contributed by atoms with Crippen LogP contribution in [0.5, 0.6) is 5.75 Å². The predicted octanol–water partition coefficient (Wildman–Crippen LogP) is 0.304. The van der Waals surface area contributed by atoms with E-state index in [-0.39, 0.29) is 23.8 Å². The molecule has 6 nitrogen and oxygen atoms in total. The van der Waals surface area contributed by atoms with Gasteiger partial charge in [0.15, 0.2) is 0 Å². The molecule has 1 saturated heterocycles. The molecule has 0 spiro atoms. The van der Waals surface area contributed by atoms with Crippen LogP contribution in [0.4, 0.5) is 0 Å². The molecule has 0 radical (unpaired) electrons. The maximum atomic E-state index is 12.1. The number of ether oxygens (including phenoxy) is 1. The number of nitrogens with two attached hydrogens (primary N) is 1. The molecule has 2 aliphatic rings. The number of fused-ring (bicyclic) bond motifs is 1. The Bertz CT molecular complexity index is 557. The fourth-order valence-electron chi connectivity index (χ4n) is 3.23. The SMILES string of the molecule is NC(=O)C1CCN(CC(=O)NCC2Cc3ccccc3O2)CC1. The highest BCUT2D eigenvalue weighted by atomic mass is 16.5. The highest BCUT2D eigenvalue weighted by Gasteiger charge is 2.25. The van der Waals surface area contributed by atoms with Gasteiger partial charge in [-0.25, -0.2) is 0 Å². The highest BCUT2D eigenvalue weighted by Crippen LogP contribution is 2.27. The number of nitrogens with one attached hydrogen (secondary N) is 1. The highest BCUT2D eigenvalue weighted by molar-refractivity contribution is 5.78. The summed E-state index contributed by atoms with van der Waals surface area (Å²) in [5, 5.41) is 2.94. The van der Waals surface area contributed by atoms with E-state index in [4.69, 9.17) is 10.5 Å². The Balaban J connectivity index is 1.37. The maximum absolute atomic E-state index is 12.1. The van der Waals surface area contributed by atoms with E-state index in [0.717, 1.165) is 38.1 Å². The van der Waals surface area contributed by atoms with Gasteiger partial charge in [0.1, 0.15) is 11.9 Å². The summed E-state index contributed by atoms with van der Waals surface area (Å²) < 4.78 is 5.81. The van der Waals surface area contributed by atoms with Gasteiger partial charge in [-0.3, -0.25) is 14.5 Å². The van der Waals surface area contributed by atoms with Crippen LogP contribution in [0, 0.1) is 5.92 Å². The van der Waals surface area contributed by atoms with Crippen LogP contribution in [0.3, 0.4) is 0 Å². The summed E-state index contributed by atoms with van der Waals surface area (Å²) in [5.41, 5.74) is 6.51. The molecule has 124 valence electrons. The first-order valence-electron chi connectivity index (χ1n) is 8.15. The molecule has 1 atom stereocenters. The van der Waals surface area contributed by atoms with Gasteiger partial charge in [0, 0.05) is 12.3 Å². The normalized spacial score (nSPS) is 21.5. The van der Waals surface area contributed by atoms with E-state index >= 15 is 0 Å². The molecule has 1 fully saturated rings. The van der Waals surface area contributed by atoms with Crippen molar-refractivity contribution in [3.63, 3.8) is 0 Å². The standard InChI is InChI=1S/C17H23N3O3/c18-17(22)12-5-7-20(8-6-12)11-16(21)19-10-14-9-13-3-1-2-4-15(13)23-14/h1-4,12,14H,5-11H2,(H2,18,22)(H,19,21). The summed E-state index contributed by atoms with van der Waals surface area (Å²) in [6, 6.07) is 7.97. The average Bonchev–Trinajstić information content (AvgIpc) is 2.96. The summed E-state index contributed by atoms with van der Waals surface area (Å²) in [4.78, 5) is 25.3. The number of benzene rings is 1. The molecule has 23 heavy (non-hydrogen) atoms. The molecule has 3 rings (SSSR count). The summed E-state index contributed by atoms with van der Waals surface area (Å²) >= 11 is 0. The zero-order valence-corrected chi connectivity index (χ0v) is 13.2. The molecule has 1 aromatic carbocycles. The number of rotatable bonds is 5. The van der Waals surface area contributed by atoms with Crippen LogP contribution in [0.1, 0.15) is 18.4 Å². The smallest absolute Gasteiger partial charge is 0.234 e. The van der Waals surface area contributed by atoms with E-state index in [0.29, 0.717) is 13.1 Å². The Morgan fingerprint density at radius 3 is 2.70 bits per heavy atom. The van der Waals surface area contributed by atoms with Gasteiger partial charge in [-0.2, -0.15) is 0 Å². The van der Waals surface area contributed by atoms with Crippen molar-refractivity contribution in [3.05, 3.63) is 29.8 Å². The summed E-state index contributed by atoms with van der Waals surface area (Å²) in [5.74, 6) is 0.647. The quantitative estimate of drug-likeness (QED) is 0.818. The van der Waals surface area contributed by atoms with Crippen LogP contribution in [-0.2, 0) is 16.0 Å². The second-order valence-electron chi connectivity index (χ2n) is 6.31. The predicted molar refractivity (Wildman–Crippen MR) is 85.9 cm³/mol. The van der Waals surface area contributed by atoms with Gasteiger partial charge in [-0.05, 0) is 37.6 Å². The number of hydrogen-bond acceptors (Lipinski definition) is 4. The molecule has 2 aliphatic heterocycles. The first kappa shape index (κ1) is 15.8. The molecule has 1 aromatic rings. The molecule has 1 unspecified atom stereocenters. The van der Waals surface area contributed by atoms with Crippen LogP contribution in [0.25, 0.3) is 0 Å². The molecule has 0 aromatic heterocycles. The number of hydrogen-bond donors (Lipinski definition) is 2. The monoisotopic (exact) mass is 317 g/mol. The number of carbonyl (C=O) groups excluding carboxylic acids is 2. The van der Waals surface area contributed by atoms with Crippen molar-refractivity contribution in [2.24, 2.45) is 11.7 Å². The topological polar surface area (TPSA) is 84.7 Å². The largest absolute Gasteiger partial charge is 0.488 e. The molecule has 0 saturated carbocycles. The lowest BCUT2D eigenvalue weighted by molar-refractivity contribution is -0.124. The van der Waals surface area contributed by atoms with Crippen LogP contribution in [0.15, 0.2) is 24.3 Å². The fraction of sp³-hybridized carbons (Fsp3) is 0.529. The molecule has 0 bridgehead atoms. The Labute approximate surface area is 136 Å². The van der Waals surface area contributed by atoms with Crippen LogP contribution >= 0.6 is 0 Å². The maximum Gasteiger partial charge on any atom is 0.234 e. The van der Waals surface area contributed by atoms with Crippen molar-refractivity contribution in [1.29, 1.82) is 0 Å². The van der Waals surface area contributed by atoms with Gasteiger partial charge in [0.2, 0.25) is 11.8 Å². The zero-order chi connectivity index (χ0) is 16.2. The lowest BCUT2D eigenvalue weighted by atomic mass is 9.96. The van der Waals surface area contributed by atoms with E-state index < -0.39 is 0 Å². The van der Waals surface area contributed by atoms with Gasteiger partial charge in [0.25, 0.3) is 0 Å². The number of para-hydroxylation sites is 1. The molecule has 2 heterocycles. The van der Waals surface area contributed by atoms with Crippen LogP contribution < -0.4 is 15.8 Å². The third kappa shape index (κ3) is 4.01. The molecule has 3 N–H and O–H groups in total. The van der Waals surface area contributed by atoms with Gasteiger partial charge < -0.3 is 15.8 Å². The van der Waals surface area contributed by atoms with Crippen molar-refractivity contribution in [2.75, 3.05) is 26.2 Å². The Morgan fingerprint density at radius 2 is 2.00 bits per heavy atom. The van der Waals surface area contributed by atoms with Gasteiger partial charge in [0.05, 0.1) is 13.1 Å². The molecule has 6 heteroatoms. The Hall–Kier alpha value is -2.08. The van der Waals surface area contributed by atoms with Crippen LogP contribution in [-0.4, -0.2) is 49.0 Å². The van der Waals surface area contributed by atoms with Crippen molar-refractivity contribution < 1.29 is 14.3 Å². The van der Waals surface area contributed by atoms with E-state index in [9.17, 15) is 9.59 Å². The van der Waals surface area contributed by atoms with Crippen molar-refractivity contribution in [2.45, 2.75) is 25.4 Å². The minimum absolute atomic E-state index is 0.00193. The van der Waals surface area contributed by atoms with Crippen LogP contribution in [0.2, 0.25) is 0 Å². The van der Waals surface area contributed by atoms with Gasteiger partial charge in [-0.15, -0.1) is 0 Å². The lowest BCUT2D eigenvalue weighted by Crippen LogP contribution is -2.45. The molecule has 2 amide bonds. The van der Waals surface area contributed by atoms with E-state index in [1.54, 1.807) is 0 Å². The van der Waals surface area contributed by atoms with E-state index in [2.05, 4.69) is 16.3 Å². The van der Waals surface area contributed by atoms with Crippen molar-refractivity contribution in [3.8, 4) is 5.75 Å². The van der Waals surface area contributed by atoms with E-state index in [1.165, 1.54) is 5.56 Å². The Morgan fingerprint density at radius 1 is 1.26 bits per heavy atom. The molecule has 0 aliphatic carbocycles. The van der Waals surface area contributed by atoms with Gasteiger partial charge >= 0.3 is 0 Å². The first-order chi connectivity index (χ1) is 11.1. The fourth-order valence-corrected chi connectivity index (χ4v) is 3.23. The average molecular weight is 317 g/mol. The van der Waals surface area contributed by atoms with Gasteiger partial charge in [-0.1, -0.05) is 18.2 Å². The minimum atomic E-state index is -0.230. The van der Waals surface area contributed by atoms with E-state index in [1.807, 2.05) is 18.2 Å². The number of piperidine rings is 1. The van der Waals surface area contributed by atoms with Crippen molar-refractivity contribution in [1.82, 2.24) is 10.2 Å². The Kier molecular flexibility index (Phi) is 4.81. The number of carbonyl (C=O) groups is 2. The number of amides is 2. The third-order valence-corrected chi connectivity index (χ3v) is 4.60. The molecular formula is C17H23N3O3. The number of nitrogens with zero attached hydrogens (tertiary/aromatic N) is 1. The zero-order valence-electron chi connectivity index (χ0n) is 13.2.